The fraction of sp³-hybridized carbons (Fsp3) is 0.208. The lowest BCUT2D eigenvalue weighted by Gasteiger charge is -2.10. The van der Waals surface area contributed by atoms with Crippen LogP contribution in [0.5, 0.6) is 5.75 Å². The van der Waals surface area contributed by atoms with Gasteiger partial charge in [-0.25, -0.2) is 0 Å². The molecule has 0 spiro atoms. The van der Waals surface area contributed by atoms with Crippen molar-refractivity contribution in [3.05, 3.63) is 96.6 Å². The van der Waals surface area contributed by atoms with Gasteiger partial charge in [0.15, 0.2) is 0 Å². The molecule has 158 valence electrons. The Labute approximate surface area is 179 Å². The third-order valence-electron chi connectivity index (χ3n) is 4.52. The summed E-state index contributed by atoms with van der Waals surface area (Å²) in [6.45, 7) is 1.59. The third-order valence-corrected chi connectivity index (χ3v) is 4.52. The van der Waals surface area contributed by atoms with E-state index >= 15 is 0 Å². The highest BCUT2D eigenvalue weighted by atomic mass is 16.5. The van der Waals surface area contributed by atoms with Crippen LogP contribution in [0.25, 0.3) is 12.2 Å². The van der Waals surface area contributed by atoms with Crippen LogP contribution in [-0.2, 0) is 0 Å². The first kappa shape index (κ1) is 21.8. The second kappa shape index (κ2) is 10.2. The minimum atomic E-state index is -0.422. The van der Waals surface area contributed by atoms with Gasteiger partial charge in [-0.1, -0.05) is 24.3 Å². The lowest BCUT2D eigenvalue weighted by molar-refractivity contribution is 0.281. The Morgan fingerprint density at radius 2 is 1.61 bits per heavy atom. The van der Waals surface area contributed by atoms with Gasteiger partial charge in [-0.2, -0.15) is 5.26 Å². The summed E-state index contributed by atoms with van der Waals surface area (Å²) in [5.74, 6) is 0.753. The highest BCUT2D eigenvalue weighted by Gasteiger charge is 1.99. The Morgan fingerprint density at radius 1 is 0.968 bits per heavy atom. The van der Waals surface area contributed by atoms with E-state index in [1.807, 2.05) is 44.4 Å². The van der Waals surface area contributed by atoms with Gasteiger partial charge in [0.25, 0.3) is 11.1 Å². The summed E-state index contributed by atoms with van der Waals surface area (Å²) in [6, 6.07) is 16.1. The number of hydrogen-bond acceptors (Lipinski definition) is 5. The van der Waals surface area contributed by atoms with Gasteiger partial charge >= 0.3 is 0 Å². The van der Waals surface area contributed by atoms with Gasteiger partial charge in [-0.05, 0) is 68.1 Å². The SMILES string of the molecule is CN(C)CCCOc1ccc(/C=c2\[nH]c(=O)/c(=C/c3cccc(C#N)c3)[nH]c2=O)cc1. The molecule has 0 fully saturated rings. The third kappa shape index (κ3) is 6.29. The molecule has 1 heterocycles. The summed E-state index contributed by atoms with van der Waals surface area (Å²) >= 11 is 0. The molecule has 0 amide bonds. The van der Waals surface area contributed by atoms with E-state index in [9.17, 15) is 9.59 Å². The molecule has 31 heavy (non-hydrogen) atoms. The Morgan fingerprint density at radius 3 is 2.23 bits per heavy atom. The maximum absolute atomic E-state index is 12.4. The molecule has 0 saturated heterocycles. The zero-order chi connectivity index (χ0) is 22.2. The molecule has 2 N–H and O–H groups in total. The summed E-state index contributed by atoms with van der Waals surface area (Å²) in [4.78, 5) is 32.2. The Bertz CT molecular complexity index is 1310. The van der Waals surface area contributed by atoms with E-state index in [0.717, 1.165) is 24.3 Å². The van der Waals surface area contributed by atoms with Crippen LogP contribution in [0, 0.1) is 11.3 Å². The van der Waals surface area contributed by atoms with E-state index in [4.69, 9.17) is 10.00 Å². The number of benzene rings is 2. The number of nitrogens with zero attached hydrogens (tertiary/aromatic N) is 2. The summed E-state index contributed by atoms with van der Waals surface area (Å²) in [5, 5.41) is 9.27. The molecule has 3 aromatic rings. The number of aromatic amines is 2. The van der Waals surface area contributed by atoms with Crippen molar-refractivity contribution in [1.29, 1.82) is 5.26 Å². The molecule has 0 aliphatic rings. The molecular weight excluding hydrogens is 392 g/mol. The molecule has 0 radical (unpaired) electrons. The molecule has 0 aliphatic carbocycles. The van der Waals surface area contributed by atoms with Crippen molar-refractivity contribution in [2.24, 2.45) is 0 Å². The zero-order valence-electron chi connectivity index (χ0n) is 17.5. The molecule has 2 aromatic carbocycles. The fourth-order valence-electron chi connectivity index (χ4n) is 2.96. The standard InChI is InChI=1S/C24H24N4O3/c1-28(2)11-4-12-31-20-9-7-17(8-10-20)14-21-23(29)27-22(24(30)26-21)15-18-5-3-6-19(13-18)16-25/h3,5-10,13-15H,4,11-12H2,1-2H3,(H,26,30)(H,27,29)/b21-14-,22-15-. The van der Waals surface area contributed by atoms with Gasteiger partial charge < -0.3 is 19.6 Å². The van der Waals surface area contributed by atoms with Crippen LogP contribution in [0.1, 0.15) is 23.1 Å². The van der Waals surface area contributed by atoms with Crippen molar-refractivity contribution >= 4 is 12.2 Å². The maximum Gasteiger partial charge on any atom is 0.272 e. The normalized spacial score (nSPS) is 12.2. The van der Waals surface area contributed by atoms with Crippen LogP contribution >= 0.6 is 0 Å². The minimum Gasteiger partial charge on any atom is -0.494 e. The average molecular weight is 416 g/mol. The first-order valence-electron chi connectivity index (χ1n) is 9.88. The zero-order valence-corrected chi connectivity index (χ0v) is 17.5. The minimum absolute atomic E-state index is 0.124. The predicted molar refractivity (Wildman–Crippen MR) is 120 cm³/mol. The number of H-pyrrole nitrogens is 2. The van der Waals surface area contributed by atoms with Crippen molar-refractivity contribution in [1.82, 2.24) is 14.9 Å². The van der Waals surface area contributed by atoms with Crippen LogP contribution in [0.4, 0.5) is 0 Å². The fourth-order valence-corrected chi connectivity index (χ4v) is 2.96. The van der Waals surface area contributed by atoms with Crippen molar-refractivity contribution in [2.75, 3.05) is 27.2 Å². The van der Waals surface area contributed by atoms with Gasteiger partial charge in [-0.3, -0.25) is 9.59 Å². The lowest BCUT2D eigenvalue weighted by atomic mass is 10.1. The van der Waals surface area contributed by atoms with Crippen LogP contribution in [0.3, 0.4) is 0 Å². The second-order valence-electron chi connectivity index (χ2n) is 7.34. The quantitative estimate of drug-likeness (QED) is 0.558. The highest BCUT2D eigenvalue weighted by molar-refractivity contribution is 5.52. The Balaban J connectivity index is 1.81. The molecule has 0 atom stereocenters. The first-order chi connectivity index (χ1) is 14.9. The van der Waals surface area contributed by atoms with Gasteiger partial charge in [0.05, 0.1) is 18.2 Å². The predicted octanol–water partition coefficient (Wildman–Crippen LogP) is 0.923. The van der Waals surface area contributed by atoms with E-state index in [-0.39, 0.29) is 10.7 Å². The van der Waals surface area contributed by atoms with Gasteiger partial charge in [0.2, 0.25) is 0 Å². The summed E-state index contributed by atoms with van der Waals surface area (Å²) in [6.07, 6.45) is 4.07. The molecule has 0 aliphatic heterocycles. The van der Waals surface area contributed by atoms with Crippen LogP contribution in [0.15, 0.2) is 58.1 Å². The first-order valence-corrected chi connectivity index (χ1v) is 9.88. The van der Waals surface area contributed by atoms with Crippen molar-refractivity contribution in [3.63, 3.8) is 0 Å². The summed E-state index contributed by atoms with van der Waals surface area (Å²) in [7, 11) is 4.04. The molecule has 0 saturated carbocycles. The van der Waals surface area contributed by atoms with E-state index in [1.54, 1.807) is 30.3 Å². The monoisotopic (exact) mass is 416 g/mol. The summed E-state index contributed by atoms with van der Waals surface area (Å²) in [5.41, 5.74) is 1.06. The van der Waals surface area contributed by atoms with Crippen molar-refractivity contribution < 1.29 is 4.74 Å². The largest absolute Gasteiger partial charge is 0.494 e. The average Bonchev–Trinajstić information content (AvgIpc) is 2.76. The Kier molecular flexibility index (Phi) is 7.20. The number of nitrogens with one attached hydrogen (secondary N) is 2. The van der Waals surface area contributed by atoms with E-state index < -0.39 is 11.1 Å². The lowest BCUT2D eigenvalue weighted by Crippen LogP contribution is -2.46. The molecular formula is C24H24N4O3. The number of aromatic nitrogens is 2. The van der Waals surface area contributed by atoms with Crippen LogP contribution in [0.2, 0.25) is 0 Å². The number of nitriles is 1. The molecule has 0 bridgehead atoms. The smallest absolute Gasteiger partial charge is 0.272 e. The number of ether oxygens (including phenoxy) is 1. The van der Waals surface area contributed by atoms with Gasteiger partial charge in [-0.15, -0.1) is 0 Å². The Hall–Kier alpha value is -3.89. The molecule has 0 unspecified atom stereocenters. The summed E-state index contributed by atoms with van der Waals surface area (Å²) < 4.78 is 5.70. The number of rotatable bonds is 7. The molecule has 7 nitrogen and oxygen atoms in total. The van der Waals surface area contributed by atoms with E-state index in [2.05, 4.69) is 14.9 Å². The van der Waals surface area contributed by atoms with E-state index in [1.165, 1.54) is 6.08 Å². The van der Waals surface area contributed by atoms with Crippen molar-refractivity contribution in [3.8, 4) is 11.8 Å². The highest BCUT2D eigenvalue weighted by Crippen LogP contribution is 2.12. The number of hydrogen-bond donors (Lipinski definition) is 2. The van der Waals surface area contributed by atoms with Crippen molar-refractivity contribution in [2.45, 2.75) is 6.42 Å². The van der Waals surface area contributed by atoms with Gasteiger partial charge in [0.1, 0.15) is 16.4 Å². The maximum atomic E-state index is 12.4. The topological polar surface area (TPSA) is 102 Å². The molecule has 1 aromatic heterocycles. The van der Waals surface area contributed by atoms with Gasteiger partial charge in [0, 0.05) is 6.54 Å². The second-order valence-corrected chi connectivity index (χ2v) is 7.34. The van der Waals surface area contributed by atoms with Crippen LogP contribution < -0.4 is 26.6 Å². The van der Waals surface area contributed by atoms with E-state index in [0.29, 0.717) is 17.7 Å². The van der Waals surface area contributed by atoms with Crippen LogP contribution in [-0.4, -0.2) is 42.1 Å². The molecule has 3 rings (SSSR count). The molecule has 7 heteroatoms.